The Morgan fingerprint density at radius 1 is 1.04 bits per heavy atom. The molecule has 0 atom stereocenters. The molecule has 3 rings (SSSR count). The maximum absolute atomic E-state index is 12.8. The van der Waals surface area contributed by atoms with Crippen molar-refractivity contribution in [3.63, 3.8) is 0 Å². The van der Waals surface area contributed by atoms with Crippen LogP contribution in [0, 0.1) is 0 Å². The van der Waals surface area contributed by atoms with Crippen molar-refractivity contribution in [1.82, 2.24) is 4.31 Å². The first kappa shape index (κ1) is 16.7. The van der Waals surface area contributed by atoms with Crippen LogP contribution in [-0.4, -0.2) is 29.8 Å². The second kappa shape index (κ2) is 6.75. The van der Waals surface area contributed by atoms with Crippen LogP contribution >= 0.6 is 0 Å². The van der Waals surface area contributed by atoms with E-state index in [-0.39, 0.29) is 17.4 Å². The number of benzene rings is 2. The van der Waals surface area contributed by atoms with E-state index in [1.54, 1.807) is 16.4 Å². The highest BCUT2D eigenvalue weighted by molar-refractivity contribution is 7.88. The Hall–Kier alpha value is -2.18. The van der Waals surface area contributed by atoms with Crippen LogP contribution < -0.4 is 0 Å². The molecule has 0 saturated heterocycles. The maximum Gasteiger partial charge on any atom is 0.335 e. The van der Waals surface area contributed by atoms with Gasteiger partial charge in [0.15, 0.2) is 0 Å². The molecular weight excluding hydrogens is 326 g/mol. The van der Waals surface area contributed by atoms with Crippen molar-refractivity contribution in [3.05, 3.63) is 71.3 Å². The van der Waals surface area contributed by atoms with Crippen LogP contribution in [0.25, 0.3) is 0 Å². The van der Waals surface area contributed by atoms with Crippen LogP contribution in [0.2, 0.25) is 0 Å². The van der Waals surface area contributed by atoms with Gasteiger partial charge in [-0.05, 0) is 36.1 Å². The van der Waals surface area contributed by atoms with Gasteiger partial charge in [-0.1, -0.05) is 42.5 Å². The Bertz CT molecular complexity index is 829. The zero-order valence-corrected chi connectivity index (χ0v) is 13.9. The van der Waals surface area contributed by atoms with Crippen LogP contribution in [0.3, 0.4) is 0 Å². The molecule has 2 aromatic rings. The van der Waals surface area contributed by atoms with Crippen molar-refractivity contribution in [2.45, 2.75) is 31.2 Å². The molecular formula is C18H19NO4S. The number of hydrogen-bond acceptors (Lipinski definition) is 3. The predicted molar refractivity (Wildman–Crippen MR) is 91.0 cm³/mol. The molecule has 24 heavy (non-hydrogen) atoms. The van der Waals surface area contributed by atoms with Crippen LogP contribution in [0.4, 0.5) is 0 Å². The Morgan fingerprint density at radius 2 is 1.71 bits per heavy atom. The highest BCUT2D eigenvalue weighted by Crippen LogP contribution is 2.32. The van der Waals surface area contributed by atoms with E-state index in [1.165, 1.54) is 12.1 Å². The summed E-state index contributed by atoms with van der Waals surface area (Å²) in [6.07, 6.45) is 1.75. The van der Waals surface area contributed by atoms with Gasteiger partial charge in [0.25, 0.3) is 0 Å². The van der Waals surface area contributed by atoms with E-state index in [1.807, 2.05) is 30.3 Å². The SMILES string of the molecule is O=C(O)c1cccc(CS(=O)(=O)N(Cc2ccccc2)C2CC2)c1. The number of nitrogens with zero attached hydrogens (tertiary/aromatic N) is 1. The maximum atomic E-state index is 12.8. The zero-order valence-electron chi connectivity index (χ0n) is 13.1. The monoisotopic (exact) mass is 345 g/mol. The standard InChI is InChI=1S/C18H19NO4S/c20-18(21)16-8-4-7-15(11-16)13-24(22,23)19(17-9-10-17)12-14-5-2-1-3-6-14/h1-8,11,17H,9-10,12-13H2,(H,20,21). The molecule has 6 heteroatoms. The van der Waals surface area contributed by atoms with Gasteiger partial charge in [0, 0.05) is 12.6 Å². The lowest BCUT2D eigenvalue weighted by molar-refractivity contribution is 0.0696. The van der Waals surface area contributed by atoms with E-state index in [2.05, 4.69) is 0 Å². The minimum absolute atomic E-state index is 0.0536. The van der Waals surface area contributed by atoms with Crippen molar-refractivity contribution in [2.24, 2.45) is 0 Å². The molecule has 1 aliphatic carbocycles. The minimum atomic E-state index is -3.51. The Kier molecular flexibility index (Phi) is 4.69. The Morgan fingerprint density at radius 3 is 2.33 bits per heavy atom. The number of carboxylic acid groups (broad SMARTS) is 1. The number of carbonyl (C=O) groups is 1. The number of sulfonamides is 1. The third kappa shape index (κ3) is 4.01. The molecule has 1 fully saturated rings. The minimum Gasteiger partial charge on any atom is -0.478 e. The summed E-state index contributed by atoms with van der Waals surface area (Å²) < 4.78 is 27.2. The van der Waals surface area contributed by atoms with E-state index < -0.39 is 16.0 Å². The lowest BCUT2D eigenvalue weighted by Gasteiger charge is -2.22. The predicted octanol–water partition coefficient (Wildman–Crippen LogP) is 2.88. The van der Waals surface area contributed by atoms with Gasteiger partial charge in [0.1, 0.15) is 0 Å². The molecule has 2 aromatic carbocycles. The first-order valence-electron chi connectivity index (χ1n) is 7.81. The third-order valence-electron chi connectivity index (χ3n) is 4.02. The molecule has 0 aliphatic heterocycles. The van der Waals surface area contributed by atoms with Crippen molar-refractivity contribution in [2.75, 3.05) is 0 Å². The molecule has 0 bridgehead atoms. The van der Waals surface area contributed by atoms with E-state index >= 15 is 0 Å². The first-order chi connectivity index (χ1) is 11.5. The van der Waals surface area contributed by atoms with Crippen molar-refractivity contribution < 1.29 is 18.3 Å². The summed E-state index contributed by atoms with van der Waals surface area (Å²) in [6.45, 7) is 0.354. The van der Waals surface area contributed by atoms with Gasteiger partial charge in [-0.2, -0.15) is 4.31 Å². The third-order valence-corrected chi connectivity index (χ3v) is 5.86. The Labute approximate surface area is 141 Å². The van der Waals surface area contributed by atoms with Gasteiger partial charge in [-0.15, -0.1) is 0 Å². The fraction of sp³-hybridized carbons (Fsp3) is 0.278. The van der Waals surface area contributed by atoms with Gasteiger partial charge in [-0.25, -0.2) is 13.2 Å². The van der Waals surface area contributed by atoms with E-state index in [9.17, 15) is 13.2 Å². The van der Waals surface area contributed by atoms with Gasteiger partial charge in [0.05, 0.1) is 11.3 Å². The molecule has 1 saturated carbocycles. The first-order valence-corrected chi connectivity index (χ1v) is 9.42. The van der Waals surface area contributed by atoms with Gasteiger partial charge in [-0.3, -0.25) is 0 Å². The van der Waals surface area contributed by atoms with E-state index in [0.29, 0.717) is 12.1 Å². The van der Waals surface area contributed by atoms with Crippen molar-refractivity contribution in [3.8, 4) is 0 Å². The lowest BCUT2D eigenvalue weighted by Crippen LogP contribution is -2.33. The van der Waals surface area contributed by atoms with Crippen LogP contribution in [0.1, 0.15) is 34.3 Å². The highest BCUT2D eigenvalue weighted by atomic mass is 32.2. The van der Waals surface area contributed by atoms with Gasteiger partial charge >= 0.3 is 5.97 Å². The van der Waals surface area contributed by atoms with Crippen molar-refractivity contribution >= 4 is 16.0 Å². The summed E-state index contributed by atoms with van der Waals surface area (Å²) in [4.78, 5) is 11.1. The number of aromatic carboxylic acids is 1. The summed E-state index contributed by atoms with van der Waals surface area (Å²) >= 11 is 0. The van der Waals surface area contributed by atoms with E-state index in [0.717, 1.165) is 18.4 Å². The molecule has 0 radical (unpaired) electrons. The zero-order chi connectivity index (χ0) is 17.2. The van der Waals surface area contributed by atoms with Gasteiger partial charge < -0.3 is 5.11 Å². The molecule has 126 valence electrons. The average Bonchev–Trinajstić information content (AvgIpc) is 3.38. The second-order valence-electron chi connectivity index (χ2n) is 6.02. The summed E-state index contributed by atoms with van der Waals surface area (Å²) in [5.41, 5.74) is 1.55. The fourth-order valence-electron chi connectivity index (χ4n) is 2.67. The highest BCUT2D eigenvalue weighted by Gasteiger charge is 2.37. The summed E-state index contributed by atoms with van der Waals surface area (Å²) in [6, 6.07) is 15.7. The fourth-order valence-corrected chi connectivity index (χ4v) is 4.45. The smallest absolute Gasteiger partial charge is 0.335 e. The Balaban J connectivity index is 1.82. The van der Waals surface area contributed by atoms with E-state index in [4.69, 9.17) is 5.11 Å². The molecule has 0 heterocycles. The summed E-state index contributed by atoms with van der Waals surface area (Å²) in [5.74, 6) is -1.24. The second-order valence-corrected chi connectivity index (χ2v) is 7.95. The lowest BCUT2D eigenvalue weighted by atomic mass is 10.1. The van der Waals surface area contributed by atoms with Crippen LogP contribution in [0.15, 0.2) is 54.6 Å². The molecule has 0 spiro atoms. The molecule has 0 aromatic heterocycles. The molecule has 0 amide bonds. The number of rotatable bonds is 7. The molecule has 5 nitrogen and oxygen atoms in total. The largest absolute Gasteiger partial charge is 0.478 e. The number of hydrogen-bond donors (Lipinski definition) is 1. The van der Waals surface area contributed by atoms with Gasteiger partial charge in [0.2, 0.25) is 10.0 Å². The molecule has 1 N–H and O–H groups in total. The van der Waals surface area contributed by atoms with Crippen LogP contribution in [-0.2, 0) is 22.3 Å². The van der Waals surface area contributed by atoms with Crippen LogP contribution in [0.5, 0.6) is 0 Å². The topological polar surface area (TPSA) is 74.7 Å². The quantitative estimate of drug-likeness (QED) is 0.837. The normalized spacial score (nSPS) is 14.7. The van der Waals surface area contributed by atoms with Crippen molar-refractivity contribution in [1.29, 1.82) is 0 Å². The summed E-state index contributed by atoms with van der Waals surface area (Å²) in [5, 5.41) is 9.05. The number of carboxylic acids is 1. The molecule has 1 aliphatic rings. The average molecular weight is 345 g/mol. The molecule has 0 unspecified atom stereocenters. The summed E-state index contributed by atoms with van der Waals surface area (Å²) in [7, 11) is -3.51.